The lowest BCUT2D eigenvalue weighted by Gasteiger charge is -2.12. The summed E-state index contributed by atoms with van der Waals surface area (Å²) in [4.78, 5) is 13.4. The molecule has 0 aliphatic rings. The molecule has 2 aromatic rings. The number of hydrogen-bond acceptors (Lipinski definition) is 3. The smallest absolute Gasteiger partial charge is 0.194 e. The quantitative estimate of drug-likeness (QED) is 0.773. The van der Waals surface area contributed by atoms with E-state index in [1.54, 1.807) is 6.07 Å². The Morgan fingerprint density at radius 3 is 2.50 bits per heavy atom. The maximum absolute atomic E-state index is 11.3. The van der Waals surface area contributed by atoms with Gasteiger partial charge in [0.15, 0.2) is 11.5 Å². The van der Waals surface area contributed by atoms with E-state index in [1.165, 1.54) is 12.5 Å². The number of Topliss-reactive ketones (excluding diaryl/α,β-unsaturated/α-hetero) is 1. The van der Waals surface area contributed by atoms with Gasteiger partial charge in [0.05, 0.1) is 0 Å². The number of hydrogen-bond donors (Lipinski definition) is 0. The Hall–Kier alpha value is -1.87. The van der Waals surface area contributed by atoms with Crippen LogP contribution in [0.1, 0.15) is 23.0 Å². The maximum atomic E-state index is 11.3. The third-order valence-electron chi connectivity index (χ3n) is 2.72. The van der Waals surface area contributed by atoms with Crippen LogP contribution in [0, 0.1) is 0 Å². The van der Waals surface area contributed by atoms with Crippen molar-refractivity contribution >= 4 is 5.78 Å². The van der Waals surface area contributed by atoms with E-state index < -0.39 is 0 Å². The highest BCUT2D eigenvalue weighted by Gasteiger charge is 2.11. The molecule has 0 aliphatic carbocycles. The highest BCUT2D eigenvalue weighted by molar-refractivity contribution is 5.91. The van der Waals surface area contributed by atoms with Crippen LogP contribution in [0.15, 0.2) is 40.8 Å². The molecule has 0 saturated carbocycles. The molecule has 1 aromatic heterocycles. The lowest BCUT2D eigenvalue weighted by molar-refractivity contribution is 0.0988. The predicted molar refractivity (Wildman–Crippen MR) is 71.5 cm³/mol. The van der Waals surface area contributed by atoms with Crippen LogP contribution in [0.25, 0.3) is 11.3 Å². The zero-order chi connectivity index (χ0) is 13.1. The molecular weight excluding hydrogens is 226 g/mol. The lowest BCUT2D eigenvalue weighted by Crippen LogP contribution is -2.11. The van der Waals surface area contributed by atoms with Crippen LogP contribution in [0.5, 0.6) is 0 Å². The largest absolute Gasteiger partial charge is 0.453 e. The van der Waals surface area contributed by atoms with Crippen molar-refractivity contribution in [1.82, 2.24) is 4.90 Å². The first-order chi connectivity index (χ1) is 8.58. The fraction of sp³-hybridized carbons (Fsp3) is 0.267. The van der Waals surface area contributed by atoms with Crippen LogP contribution in [-0.4, -0.2) is 24.8 Å². The number of furan rings is 1. The van der Waals surface area contributed by atoms with E-state index in [2.05, 4.69) is 11.0 Å². The van der Waals surface area contributed by atoms with Crippen molar-refractivity contribution in [2.75, 3.05) is 14.1 Å². The Morgan fingerprint density at radius 2 is 1.89 bits per heavy atom. The summed E-state index contributed by atoms with van der Waals surface area (Å²) in [6, 6.07) is 11.7. The molecule has 0 radical (unpaired) electrons. The fourth-order valence-corrected chi connectivity index (χ4v) is 1.91. The van der Waals surface area contributed by atoms with E-state index in [9.17, 15) is 4.79 Å². The summed E-state index contributed by atoms with van der Waals surface area (Å²) in [6.07, 6.45) is 0. The summed E-state index contributed by atoms with van der Waals surface area (Å²) in [5.74, 6) is 1.11. The zero-order valence-corrected chi connectivity index (χ0v) is 10.9. The van der Waals surface area contributed by atoms with Gasteiger partial charge >= 0.3 is 0 Å². The number of nitrogens with zero attached hydrogens (tertiary/aromatic N) is 1. The third-order valence-corrected chi connectivity index (χ3v) is 2.72. The minimum Gasteiger partial charge on any atom is -0.453 e. The molecule has 0 unspecified atom stereocenters. The number of ketones is 1. The number of carbonyl (C=O) groups is 1. The van der Waals surface area contributed by atoms with Crippen LogP contribution in [-0.2, 0) is 6.54 Å². The van der Waals surface area contributed by atoms with Gasteiger partial charge in [-0.25, -0.2) is 0 Å². The minimum atomic E-state index is -0.0497. The van der Waals surface area contributed by atoms with Crippen molar-refractivity contribution < 1.29 is 9.21 Å². The summed E-state index contributed by atoms with van der Waals surface area (Å²) < 4.78 is 5.59. The van der Waals surface area contributed by atoms with Crippen molar-refractivity contribution in [3.8, 4) is 11.3 Å². The molecule has 0 fully saturated rings. The van der Waals surface area contributed by atoms with Gasteiger partial charge in [-0.1, -0.05) is 24.3 Å². The summed E-state index contributed by atoms with van der Waals surface area (Å²) in [6.45, 7) is 2.35. The highest BCUT2D eigenvalue weighted by atomic mass is 16.3. The average molecular weight is 243 g/mol. The summed E-state index contributed by atoms with van der Waals surface area (Å²) >= 11 is 0. The molecule has 3 nitrogen and oxygen atoms in total. The van der Waals surface area contributed by atoms with E-state index in [0.717, 1.165) is 17.9 Å². The summed E-state index contributed by atoms with van der Waals surface area (Å²) in [7, 11) is 4.06. The van der Waals surface area contributed by atoms with Gasteiger partial charge in [0, 0.05) is 19.0 Å². The van der Waals surface area contributed by atoms with Crippen molar-refractivity contribution in [3.63, 3.8) is 0 Å². The van der Waals surface area contributed by atoms with Crippen molar-refractivity contribution in [3.05, 3.63) is 47.7 Å². The Labute approximate surface area is 107 Å². The SMILES string of the molecule is CC(=O)c1ccc(-c2ccccc2CN(C)C)o1. The average Bonchev–Trinajstić information content (AvgIpc) is 2.78. The monoisotopic (exact) mass is 243 g/mol. The third kappa shape index (κ3) is 2.68. The van der Waals surface area contributed by atoms with Crippen LogP contribution < -0.4 is 0 Å². The Bertz CT molecular complexity index is 555. The minimum absolute atomic E-state index is 0.0497. The fourth-order valence-electron chi connectivity index (χ4n) is 1.91. The first-order valence-electron chi connectivity index (χ1n) is 5.91. The van der Waals surface area contributed by atoms with E-state index >= 15 is 0 Å². The van der Waals surface area contributed by atoms with Gasteiger partial charge in [-0.2, -0.15) is 0 Å². The molecule has 3 heteroatoms. The Kier molecular flexibility index (Phi) is 3.63. The van der Waals surface area contributed by atoms with E-state index in [-0.39, 0.29) is 5.78 Å². The first-order valence-corrected chi connectivity index (χ1v) is 5.91. The van der Waals surface area contributed by atoms with Gasteiger partial charge in [0.25, 0.3) is 0 Å². The summed E-state index contributed by atoms with van der Waals surface area (Å²) in [5.41, 5.74) is 2.23. The van der Waals surface area contributed by atoms with Crippen LogP contribution in [0.3, 0.4) is 0 Å². The second-order valence-corrected chi connectivity index (χ2v) is 4.62. The van der Waals surface area contributed by atoms with Crippen LogP contribution >= 0.6 is 0 Å². The lowest BCUT2D eigenvalue weighted by atomic mass is 10.1. The van der Waals surface area contributed by atoms with E-state index in [1.807, 2.05) is 38.4 Å². The van der Waals surface area contributed by atoms with Gasteiger partial charge in [-0.15, -0.1) is 0 Å². The molecular formula is C15H17NO2. The second kappa shape index (κ2) is 5.19. The first kappa shape index (κ1) is 12.6. The molecule has 0 amide bonds. The van der Waals surface area contributed by atoms with E-state index in [0.29, 0.717) is 5.76 Å². The van der Waals surface area contributed by atoms with Gasteiger partial charge in [0.1, 0.15) is 5.76 Å². The molecule has 0 bridgehead atoms. The van der Waals surface area contributed by atoms with E-state index in [4.69, 9.17) is 4.42 Å². The molecule has 1 heterocycles. The standard InChI is InChI=1S/C15H17NO2/c1-11(17)14-8-9-15(18-14)13-7-5-4-6-12(13)10-16(2)3/h4-9H,10H2,1-3H3. The molecule has 1 aromatic carbocycles. The van der Waals surface area contributed by atoms with Crippen molar-refractivity contribution in [1.29, 1.82) is 0 Å². The second-order valence-electron chi connectivity index (χ2n) is 4.62. The molecule has 94 valence electrons. The normalized spacial score (nSPS) is 10.9. The Balaban J connectivity index is 2.39. The molecule has 0 aliphatic heterocycles. The van der Waals surface area contributed by atoms with Crippen molar-refractivity contribution in [2.24, 2.45) is 0 Å². The van der Waals surface area contributed by atoms with Gasteiger partial charge in [0.2, 0.25) is 0 Å². The molecule has 0 spiro atoms. The highest BCUT2D eigenvalue weighted by Crippen LogP contribution is 2.26. The van der Waals surface area contributed by atoms with Crippen molar-refractivity contribution in [2.45, 2.75) is 13.5 Å². The Morgan fingerprint density at radius 1 is 1.17 bits per heavy atom. The van der Waals surface area contributed by atoms with Gasteiger partial charge in [-0.3, -0.25) is 4.79 Å². The van der Waals surface area contributed by atoms with Crippen LogP contribution in [0.4, 0.5) is 0 Å². The number of carbonyl (C=O) groups excluding carboxylic acids is 1. The molecule has 0 N–H and O–H groups in total. The zero-order valence-electron chi connectivity index (χ0n) is 10.9. The molecule has 0 saturated heterocycles. The van der Waals surface area contributed by atoms with Gasteiger partial charge in [-0.05, 0) is 31.8 Å². The predicted octanol–water partition coefficient (Wildman–Crippen LogP) is 3.21. The number of benzene rings is 1. The van der Waals surface area contributed by atoms with Gasteiger partial charge < -0.3 is 9.32 Å². The number of rotatable bonds is 4. The summed E-state index contributed by atoms with van der Waals surface area (Å²) in [5, 5.41) is 0. The molecule has 0 atom stereocenters. The molecule has 18 heavy (non-hydrogen) atoms. The maximum Gasteiger partial charge on any atom is 0.194 e. The topological polar surface area (TPSA) is 33.5 Å². The van der Waals surface area contributed by atoms with Crippen LogP contribution in [0.2, 0.25) is 0 Å². The molecule has 2 rings (SSSR count).